The van der Waals surface area contributed by atoms with Crippen LogP contribution in [-0.2, 0) is 0 Å². The number of Topliss-reactive ketones (excluding diaryl/α,β-unsaturated/α-hetero) is 1. The molecule has 0 amide bonds. The van der Waals surface area contributed by atoms with E-state index in [2.05, 4.69) is 4.98 Å². The van der Waals surface area contributed by atoms with Crippen LogP contribution in [0.1, 0.15) is 23.8 Å². The first-order valence-corrected chi connectivity index (χ1v) is 4.42. The van der Waals surface area contributed by atoms with Gasteiger partial charge in [0.1, 0.15) is 0 Å². The molecule has 0 spiro atoms. The number of para-hydroxylation sites is 1. The number of ketones is 1. The molecule has 13 heavy (non-hydrogen) atoms. The Bertz CT molecular complexity index is 409. The minimum atomic E-state index is 0.163. The minimum absolute atomic E-state index is 0.163. The van der Waals surface area contributed by atoms with E-state index in [4.69, 9.17) is 0 Å². The number of fused-ring (bicyclic) bond motifs is 1. The molecular formula is C11H11NO. The molecule has 2 heteroatoms. The molecule has 1 aromatic carbocycles. The first kappa shape index (κ1) is 8.05. The van der Waals surface area contributed by atoms with Crippen molar-refractivity contribution in [3.8, 4) is 0 Å². The van der Waals surface area contributed by atoms with Crippen LogP contribution < -0.4 is 0 Å². The summed E-state index contributed by atoms with van der Waals surface area (Å²) in [4.78, 5) is 14.4. The fourth-order valence-electron chi connectivity index (χ4n) is 1.41. The summed E-state index contributed by atoms with van der Waals surface area (Å²) in [5, 5.41) is 1.10. The van der Waals surface area contributed by atoms with Gasteiger partial charge >= 0.3 is 0 Å². The molecule has 0 unspecified atom stereocenters. The number of carbonyl (C=O) groups excluding carboxylic acids is 1. The molecule has 0 fully saturated rings. The van der Waals surface area contributed by atoms with Gasteiger partial charge in [0.2, 0.25) is 0 Å². The highest BCUT2D eigenvalue weighted by Crippen LogP contribution is 2.15. The van der Waals surface area contributed by atoms with Crippen molar-refractivity contribution in [1.29, 1.82) is 0 Å². The molecule has 2 nitrogen and oxygen atoms in total. The standard InChI is InChI=1S/C11H11NO/c1-2-11(13)10-7-8-5-3-4-6-9(8)12-10/h3-7,12H,2H2,1H3. The largest absolute Gasteiger partial charge is 0.352 e. The van der Waals surface area contributed by atoms with Crippen molar-refractivity contribution in [3.63, 3.8) is 0 Å². The number of hydrogen-bond acceptors (Lipinski definition) is 1. The second-order valence-corrected chi connectivity index (χ2v) is 3.05. The fourth-order valence-corrected chi connectivity index (χ4v) is 1.41. The van der Waals surface area contributed by atoms with Gasteiger partial charge in [-0.1, -0.05) is 25.1 Å². The van der Waals surface area contributed by atoms with E-state index in [1.54, 1.807) is 0 Å². The van der Waals surface area contributed by atoms with E-state index in [1.165, 1.54) is 0 Å². The van der Waals surface area contributed by atoms with E-state index in [-0.39, 0.29) is 5.78 Å². The first-order valence-electron chi connectivity index (χ1n) is 4.42. The molecule has 0 saturated carbocycles. The van der Waals surface area contributed by atoms with E-state index >= 15 is 0 Å². The van der Waals surface area contributed by atoms with Crippen LogP contribution in [0.4, 0.5) is 0 Å². The van der Waals surface area contributed by atoms with Crippen molar-refractivity contribution in [1.82, 2.24) is 4.98 Å². The molecule has 66 valence electrons. The van der Waals surface area contributed by atoms with Gasteiger partial charge in [-0.05, 0) is 12.1 Å². The summed E-state index contributed by atoms with van der Waals surface area (Å²) >= 11 is 0. The molecule has 0 radical (unpaired) electrons. The van der Waals surface area contributed by atoms with E-state index in [1.807, 2.05) is 37.3 Å². The molecule has 1 N–H and O–H groups in total. The van der Waals surface area contributed by atoms with Gasteiger partial charge in [0.25, 0.3) is 0 Å². The highest BCUT2D eigenvalue weighted by molar-refractivity contribution is 5.99. The lowest BCUT2D eigenvalue weighted by molar-refractivity contribution is 0.0984. The molecule has 0 aliphatic rings. The molecule has 0 saturated heterocycles. The number of carbonyl (C=O) groups is 1. The predicted molar refractivity (Wildman–Crippen MR) is 52.9 cm³/mol. The van der Waals surface area contributed by atoms with Crippen LogP contribution in [-0.4, -0.2) is 10.8 Å². The third-order valence-corrected chi connectivity index (χ3v) is 2.15. The van der Waals surface area contributed by atoms with Gasteiger partial charge in [0.05, 0.1) is 5.69 Å². The maximum atomic E-state index is 11.4. The summed E-state index contributed by atoms with van der Waals surface area (Å²) < 4.78 is 0. The molecule has 0 atom stereocenters. The Labute approximate surface area is 76.6 Å². The monoisotopic (exact) mass is 173 g/mol. The lowest BCUT2D eigenvalue weighted by atomic mass is 10.2. The van der Waals surface area contributed by atoms with Gasteiger partial charge in [-0.15, -0.1) is 0 Å². The average Bonchev–Trinajstić information content (AvgIpc) is 2.59. The summed E-state index contributed by atoms with van der Waals surface area (Å²) in [5.74, 6) is 0.163. The molecule has 0 aliphatic heterocycles. The highest BCUT2D eigenvalue weighted by atomic mass is 16.1. The second kappa shape index (κ2) is 3.05. The maximum absolute atomic E-state index is 11.4. The number of aromatic amines is 1. The number of hydrogen-bond donors (Lipinski definition) is 1. The van der Waals surface area contributed by atoms with Gasteiger partial charge in [-0.2, -0.15) is 0 Å². The van der Waals surface area contributed by atoms with Crippen LogP contribution >= 0.6 is 0 Å². The number of aromatic nitrogens is 1. The Balaban J connectivity index is 2.56. The third-order valence-electron chi connectivity index (χ3n) is 2.15. The smallest absolute Gasteiger partial charge is 0.178 e. The minimum Gasteiger partial charge on any atom is -0.352 e. The van der Waals surface area contributed by atoms with Crippen LogP contribution in [0.2, 0.25) is 0 Å². The van der Waals surface area contributed by atoms with Crippen molar-refractivity contribution in [2.24, 2.45) is 0 Å². The summed E-state index contributed by atoms with van der Waals surface area (Å²) in [6.45, 7) is 1.87. The first-order chi connectivity index (χ1) is 6.31. The molecule has 2 rings (SSSR count). The van der Waals surface area contributed by atoms with E-state index in [0.717, 1.165) is 10.9 Å². The van der Waals surface area contributed by atoms with E-state index in [9.17, 15) is 4.79 Å². The number of H-pyrrole nitrogens is 1. The summed E-state index contributed by atoms with van der Waals surface area (Å²) in [6, 6.07) is 9.80. The second-order valence-electron chi connectivity index (χ2n) is 3.05. The van der Waals surface area contributed by atoms with Gasteiger partial charge < -0.3 is 4.98 Å². The SMILES string of the molecule is CCC(=O)c1cc2ccccc2[nH]1. The Hall–Kier alpha value is -1.57. The van der Waals surface area contributed by atoms with Crippen molar-refractivity contribution >= 4 is 16.7 Å². The lowest BCUT2D eigenvalue weighted by Gasteiger charge is -1.89. The van der Waals surface area contributed by atoms with Crippen LogP contribution in [0.25, 0.3) is 10.9 Å². The van der Waals surface area contributed by atoms with Crippen molar-refractivity contribution in [2.45, 2.75) is 13.3 Å². The zero-order chi connectivity index (χ0) is 9.26. The lowest BCUT2D eigenvalue weighted by Crippen LogP contribution is -1.95. The van der Waals surface area contributed by atoms with Crippen LogP contribution in [0.15, 0.2) is 30.3 Å². The molecule has 1 heterocycles. The van der Waals surface area contributed by atoms with Gasteiger partial charge in [0, 0.05) is 17.3 Å². The number of rotatable bonds is 2. The van der Waals surface area contributed by atoms with Crippen LogP contribution in [0, 0.1) is 0 Å². The van der Waals surface area contributed by atoms with Gasteiger partial charge in [0.15, 0.2) is 5.78 Å². The Morgan fingerprint density at radius 1 is 1.38 bits per heavy atom. The van der Waals surface area contributed by atoms with Gasteiger partial charge in [-0.3, -0.25) is 4.79 Å². The number of benzene rings is 1. The molecular weight excluding hydrogens is 162 g/mol. The normalized spacial score (nSPS) is 10.5. The van der Waals surface area contributed by atoms with Gasteiger partial charge in [-0.25, -0.2) is 0 Å². The zero-order valence-electron chi connectivity index (χ0n) is 7.50. The Morgan fingerprint density at radius 3 is 2.85 bits per heavy atom. The summed E-state index contributed by atoms with van der Waals surface area (Å²) in [7, 11) is 0. The quantitative estimate of drug-likeness (QED) is 0.696. The Kier molecular flexibility index (Phi) is 1.89. The Morgan fingerprint density at radius 2 is 2.15 bits per heavy atom. The van der Waals surface area contributed by atoms with E-state index in [0.29, 0.717) is 12.1 Å². The third kappa shape index (κ3) is 1.35. The topological polar surface area (TPSA) is 32.9 Å². The van der Waals surface area contributed by atoms with Crippen LogP contribution in [0.3, 0.4) is 0 Å². The van der Waals surface area contributed by atoms with Crippen LogP contribution in [0.5, 0.6) is 0 Å². The summed E-state index contributed by atoms with van der Waals surface area (Å²) in [6.07, 6.45) is 0.548. The molecule has 0 aliphatic carbocycles. The maximum Gasteiger partial charge on any atom is 0.178 e. The molecule has 2 aromatic rings. The average molecular weight is 173 g/mol. The highest BCUT2D eigenvalue weighted by Gasteiger charge is 2.05. The predicted octanol–water partition coefficient (Wildman–Crippen LogP) is 2.76. The van der Waals surface area contributed by atoms with Crippen molar-refractivity contribution < 1.29 is 4.79 Å². The molecule has 1 aromatic heterocycles. The van der Waals surface area contributed by atoms with Crippen molar-refractivity contribution in [3.05, 3.63) is 36.0 Å². The van der Waals surface area contributed by atoms with E-state index < -0.39 is 0 Å². The number of nitrogens with one attached hydrogen (secondary N) is 1. The van der Waals surface area contributed by atoms with Crippen molar-refractivity contribution in [2.75, 3.05) is 0 Å². The molecule has 0 bridgehead atoms. The fraction of sp³-hybridized carbons (Fsp3) is 0.182. The zero-order valence-corrected chi connectivity index (χ0v) is 7.50. The summed E-state index contributed by atoms with van der Waals surface area (Å²) in [5.41, 5.74) is 1.74.